The largest absolute Gasteiger partial charge is 0.496 e. The Hall–Kier alpha value is -1.59. The predicted molar refractivity (Wildman–Crippen MR) is 90.5 cm³/mol. The number of carbonyl (C=O) groups excluding carboxylic acids is 1. The zero-order valence-corrected chi connectivity index (χ0v) is 14.0. The smallest absolute Gasteiger partial charge is 0.239 e. The molecule has 3 rings (SSSR count). The molecule has 2 aliphatic heterocycles. The van der Waals surface area contributed by atoms with Gasteiger partial charge in [0.2, 0.25) is 5.91 Å². The number of methoxy groups -OCH3 is 1. The fourth-order valence-corrected chi connectivity index (χ4v) is 3.48. The monoisotopic (exact) mass is 317 g/mol. The number of amides is 1. The average Bonchev–Trinajstić information content (AvgIpc) is 2.63. The molecule has 2 aliphatic rings. The van der Waals surface area contributed by atoms with Gasteiger partial charge in [-0.25, -0.2) is 0 Å². The molecule has 0 aromatic heterocycles. The van der Waals surface area contributed by atoms with Crippen LogP contribution in [-0.4, -0.2) is 61.6 Å². The number of benzene rings is 1. The summed E-state index contributed by atoms with van der Waals surface area (Å²) < 4.78 is 5.43. The number of para-hydroxylation sites is 1. The molecule has 23 heavy (non-hydrogen) atoms. The topological polar surface area (TPSA) is 44.8 Å². The van der Waals surface area contributed by atoms with E-state index in [-0.39, 0.29) is 6.04 Å². The maximum atomic E-state index is 12.5. The Morgan fingerprint density at radius 1 is 1.22 bits per heavy atom. The zero-order chi connectivity index (χ0) is 16.1. The molecule has 1 aromatic rings. The molecule has 1 aromatic carbocycles. The van der Waals surface area contributed by atoms with Crippen LogP contribution in [0.4, 0.5) is 0 Å². The second-order valence-electron chi connectivity index (χ2n) is 6.42. The highest BCUT2D eigenvalue weighted by atomic mass is 16.5. The summed E-state index contributed by atoms with van der Waals surface area (Å²) in [6, 6.07) is 8.21. The Labute approximate surface area is 138 Å². The summed E-state index contributed by atoms with van der Waals surface area (Å²) in [5.41, 5.74) is 1.21. The van der Waals surface area contributed by atoms with Crippen molar-refractivity contribution in [2.45, 2.75) is 31.8 Å². The highest BCUT2D eigenvalue weighted by molar-refractivity contribution is 5.82. The molecule has 2 saturated heterocycles. The molecular formula is C18H27N3O2. The molecule has 0 aliphatic carbocycles. The van der Waals surface area contributed by atoms with Crippen molar-refractivity contribution in [1.82, 2.24) is 15.1 Å². The van der Waals surface area contributed by atoms with Gasteiger partial charge >= 0.3 is 0 Å². The summed E-state index contributed by atoms with van der Waals surface area (Å²) in [6.45, 7) is 5.36. The Morgan fingerprint density at radius 3 is 2.70 bits per heavy atom. The van der Waals surface area contributed by atoms with Crippen molar-refractivity contribution in [3.8, 4) is 5.75 Å². The first kappa shape index (κ1) is 16.3. The van der Waals surface area contributed by atoms with Crippen molar-refractivity contribution < 1.29 is 9.53 Å². The second kappa shape index (κ2) is 7.79. The Bertz CT molecular complexity index is 521. The summed E-state index contributed by atoms with van der Waals surface area (Å²) in [5, 5.41) is 3.36. The van der Waals surface area contributed by atoms with Gasteiger partial charge in [0.05, 0.1) is 13.2 Å². The maximum absolute atomic E-state index is 12.5. The molecule has 0 spiro atoms. The van der Waals surface area contributed by atoms with Crippen LogP contribution in [0.2, 0.25) is 0 Å². The predicted octanol–water partition coefficient (Wildman–Crippen LogP) is 1.48. The van der Waals surface area contributed by atoms with Gasteiger partial charge in [0.1, 0.15) is 5.75 Å². The van der Waals surface area contributed by atoms with E-state index in [0.717, 1.165) is 57.9 Å². The number of hydrogen-bond donors (Lipinski definition) is 1. The minimum Gasteiger partial charge on any atom is -0.496 e. The van der Waals surface area contributed by atoms with Gasteiger partial charge in [-0.1, -0.05) is 24.6 Å². The van der Waals surface area contributed by atoms with E-state index in [1.165, 1.54) is 12.0 Å². The maximum Gasteiger partial charge on any atom is 0.239 e. The molecule has 126 valence electrons. The highest BCUT2D eigenvalue weighted by Gasteiger charge is 2.28. The van der Waals surface area contributed by atoms with Crippen LogP contribution >= 0.6 is 0 Å². The van der Waals surface area contributed by atoms with Crippen LogP contribution in [0.1, 0.15) is 24.8 Å². The second-order valence-corrected chi connectivity index (χ2v) is 6.42. The number of hydrogen-bond acceptors (Lipinski definition) is 4. The lowest BCUT2D eigenvalue weighted by Gasteiger charge is -2.37. The van der Waals surface area contributed by atoms with Gasteiger partial charge in [0.15, 0.2) is 0 Å². The van der Waals surface area contributed by atoms with Crippen LogP contribution in [0.25, 0.3) is 0 Å². The number of rotatable bonds is 4. The Morgan fingerprint density at radius 2 is 2.00 bits per heavy atom. The van der Waals surface area contributed by atoms with Crippen LogP contribution < -0.4 is 10.1 Å². The molecule has 2 fully saturated rings. The third-order valence-corrected chi connectivity index (χ3v) is 4.88. The van der Waals surface area contributed by atoms with Crippen molar-refractivity contribution >= 4 is 5.91 Å². The first-order valence-electron chi connectivity index (χ1n) is 8.64. The van der Waals surface area contributed by atoms with Gasteiger partial charge in [-0.05, 0) is 25.5 Å². The van der Waals surface area contributed by atoms with Crippen molar-refractivity contribution in [2.75, 3.05) is 39.8 Å². The van der Waals surface area contributed by atoms with Crippen molar-refractivity contribution in [2.24, 2.45) is 0 Å². The van der Waals surface area contributed by atoms with E-state index in [0.29, 0.717) is 5.91 Å². The number of nitrogens with zero attached hydrogens (tertiary/aromatic N) is 2. The summed E-state index contributed by atoms with van der Waals surface area (Å²) >= 11 is 0. The highest BCUT2D eigenvalue weighted by Crippen LogP contribution is 2.20. The summed E-state index contributed by atoms with van der Waals surface area (Å²) in [4.78, 5) is 17.0. The standard InChI is InChI=1S/C18H27N3O2/c1-23-17-8-3-2-6-15(17)14-20-10-12-21(13-11-20)18(22)16-7-4-5-9-19-16/h2-3,6,8,16,19H,4-5,7,9-14H2,1H3/t16-/m1/s1. The van der Waals surface area contributed by atoms with Gasteiger partial charge in [-0.3, -0.25) is 9.69 Å². The fraction of sp³-hybridized carbons (Fsp3) is 0.611. The number of piperazine rings is 1. The van der Waals surface area contributed by atoms with Gasteiger partial charge in [-0.2, -0.15) is 0 Å². The quantitative estimate of drug-likeness (QED) is 0.914. The third kappa shape index (κ3) is 4.03. The molecule has 1 N–H and O–H groups in total. The van der Waals surface area contributed by atoms with E-state index >= 15 is 0 Å². The number of piperidine rings is 1. The molecule has 1 amide bonds. The van der Waals surface area contributed by atoms with E-state index in [1.54, 1.807) is 7.11 Å². The van der Waals surface area contributed by atoms with E-state index < -0.39 is 0 Å². The third-order valence-electron chi connectivity index (χ3n) is 4.88. The van der Waals surface area contributed by atoms with Crippen LogP contribution in [0.5, 0.6) is 5.75 Å². The van der Waals surface area contributed by atoms with E-state index in [1.807, 2.05) is 23.1 Å². The fourth-order valence-electron chi connectivity index (χ4n) is 3.48. The summed E-state index contributed by atoms with van der Waals surface area (Å²) in [7, 11) is 1.71. The van der Waals surface area contributed by atoms with Crippen molar-refractivity contribution in [3.05, 3.63) is 29.8 Å². The first-order valence-corrected chi connectivity index (χ1v) is 8.64. The summed E-state index contributed by atoms with van der Waals surface area (Å²) in [6.07, 6.45) is 3.34. The lowest BCUT2D eigenvalue weighted by atomic mass is 10.0. The van der Waals surface area contributed by atoms with Gasteiger partial charge in [-0.15, -0.1) is 0 Å². The average molecular weight is 317 g/mol. The van der Waals surface area contributed by atoms with Crippen LogP contribution in [0.15, 0.2) is 24.3 Å². The minimum atomic E-state index is 0.0458. The normalized spacial score (nSPS) is 22.8. The molecule has 5 nitrogen and oxygen atoms in total. The van der Waals surface area contributed by atoms with E-state index in [2.05, 4.69) is 16.3 Å². The first-order chi connectivity index (χ1) is 11.3. The number of nitrogens with one attached hydrogen (secondary N) is 1. The molecule has 1 atom stereocenters. The Balaban J connectivity index is 1.51. The Kier molecular flexibility index (Phi) is 5.51. The van der Waals surface area contributed by atoms with Gasteiger partial charge in [0, 0.05) is 38.3 Å². The zero-order valence-electron chi connectivity index (χ0n) is 14.0. The van der Waals surface area contributed by atoms with E-state index in [9.17, 15) is 4.79 Å². The van der Waals surface area contributed by atoms with Gasteiger partial charge < -0.3 is 15.0 Å². The van der Waals surface area contributed by atoms with Crippen LogP contribution in [-0.2, 0) is 11.3 Å². The lowest BCUT2D eigenvalue weighted by molar-refractivity contribution is -0.135. The van der Waals surface area contributed by atoms with Gasteiger partial charge in [0.25, 0.3) is 0 Å². The SMILES string of the molecule is COc1ccccc1CN1CCN(C(=O)[C@H]2CCCCN2)CC1. The molecule has 0 bridgehead atoms. The number of ether oxygens (including phenoxy) is 1. The molecule has 0 unspecified atom stereocenters. The van der Waals surface area contributed by atoms with Crippen LogP contribution in [0.3, 0.4) is 0 Å². The minimum absolute atomic E-state index is 0.0458. The molecule has 0 radical (unpaired) electrons. The van der Waals surface area contributed by atoms with Crippen molar-refractivity contribution in [3.63, 3.8) is 0 Å². The van der Waals surface area contributed by atoms with E-state index in [4.69, 9.17) is 4.74 Å². The number of carbonyl (C=O) groups is 1. The lowest BCUT2D eigenvalue weighted by Crippen LogP contribution is -2.54. The van der Waals surface area contributed by atoms with Crippen molar-refractivity contribution in [1.29, 1.82) is 0 Å². The van der Waals surface area contributed by atoms with Crippen LogP contribution in [0, 0.1) is 0 Å². The summed E-state index contributed by atoms with van der Waals surface area (Å²) in [5.74, 6) is 1.24. The molecular weight excluding hydrogens is 290 g/mol. The molecule has 5 heteroatoms. The molecule has 2 heterocycles. The molecule has 0 saturated carbocycles.